The van der Waals surface area contributed by atoms with Crippen molar-refractivity contribution in [3.05, 3.63) is 72.1 Å². The first-order chi connectivity index (χ1) is 11.3. The van der Waals surface area contributed by atoms with Crippen LogP contribution in [0.3, 0.4) is 0 Å². The smallest absolute Gasteiger partial charge is 0.118 e. The van der Waals surface area contributed by atoms with Crippen LogP contribution in [0.1, 0.15) is 11.3 Å². The summed E-state index contributed by atoms with van der Waals surface area (Å²) in [6.07, 6.45) is 4.16. The molecular formula is C20H18N2O. The Bertz CT molecular complexity index is 846. The van der Waals surface area contributed by atoms with Crippen LogP contribution in [0.5, 0.6) is 5.75 Å². The van der Waals surface area contributed by atoms with Crippen molar-refractivity contribution in [1.29, 1.82) is 0 Å². The first-order valence-corrected chi connectivity index (χ1v) is 7.71. The van der Waals surface area contributed by atoms with Gasteiger partial charge in [0.15, 0.2) is 0 Å². The van der Waals surface area contributed by atoms with Gasteiger partial charge in [0.25, 0.3) is 0 Å². The summed E-state index contributed by atoms with van der Waals surface area (Å²) in [4.78, 5) is 3.25. The molecule has 0 amide bonds. The zero-order chi connectivity index (χ0) is 15.6. The van der Waals surface area contributed by atoms with Crippen molar-refractivity contribution in [3.8, 4) is 16.9 Å². The van der Waals surface area contributed by atoms with Crippen LogP contribution in [0.25, 0.3) is 22.8 Å². The number of nitrogens with one attached hydrogen (secondary N) is 2. The number of aromatic nitrogens is 1. The Morgan fingerprint density at radius 1 is 1.00 bits per heavy atom. The molecule has 0 bridgehead atoms. The maximum Gasteiger partial charge on any atom is 0.118 e. The second kappa shape index (κ2) is 5.69. The van der Waals surface area contributed by atoms with E-state index < -0.39 is 0 Å². The summed E-state index contributed by atoms with van der Waals surface area (Å²) in [6, 6.07) is 18.7. The molecule has 3 nitrogen and oxygen atoms in total. The summed E-state index contributed by atoms with van der Waals surface area (Å²) in [5.74, 6) is 0.876. The van der Waals surface area contributed by atoms with Gasteiger partial charge in [0.05, 0.1) is 7.11 Å². The molecule has 0 atom stereocenters. The number of aromatic amines is 1. The average molecular weight is 302 g/mol. The van der Waals surface area contributed by atoms with Crippen LogP contribution in [-0.4, -0.2) is 18.6 Å². The maximum absolute atomic E-state index is 5.26. The number of ether oxygens (including phenoxy) is 1. The molecule has 2 N–H and O–H groups in total. The van der Waals surface area contributed by atoms with E-state index in [2.05, 4.69) is 52.8 Å². The van der Waals surface area contributed by atoms with E-state index in [9.17, 15) is 0 Å². The zero-order valence-electron chi connectivity index (χ0n) is 13.0. The molecule has 0 spiro atoms. The number of benzene rings is 2. The molecule has 0 saturated heterocycles. The first kappa shape index (κ1) is 13.7. The molecule has 23 heavy (non-hydrogen) atoms. The van der Waals surface area contributed by atoms with Crippen LogP contribution in [0.15, 0.2) is 60.8 Å². The van der Waals surface area contributed by atoms with E-state index in [-0.39, 0.29) is 0 Å². The van der Waals surface area contributed by atoms with E-state index in [4.69, 9.17) is 4.74 Å². The van der Waals surface area contributed by atoms with Gasteiger partial charge in [0, 0.05) is 29.7 Å². The van der Waals surface area contributed by atoms with Gasteiger partial charge in [-0.3, -0.25) is 0 Å². The van der Waals surface area contributed by atoms with Gasteiger partial charge in [-0.05, 0) is 53.1 Å². The summed E-state index contributed by atoms with van der Waals surface area (Å²) in [5, 5.41) is 3.49. The summed E-state index contributed by atoms with van der Waals surface area (Å²) in [7, 11) is 1.69. The zero-order valence-corrected chi connectivity index (χ0v) is 13.0. The van der Waals surface area contributed by atoms with Crippen LogP contribution >= 0.6 is 0 Å². The minimum atomic E-state index is 0.849. The van der Waals surface area contributed by atoms with Gasteiger partial charge in [-0.25, -0.2) is 0 Å². The Kier molecular flexibility index (Phi) is 3.39. The Balaban J connectivity index is 1.82. The lowest BCUT2D eigenvalue weighted by Gasteiger charge is -2.10. The molecule has 1 aliphatic rings. The minimum absolute atomic E-state index is 0.849. The lowest BCUT2D eigenvalue weighted by atomic mass is 9.94. The van der Waals surface area contributed by atoms with Gasteiger partial charge in [-0.1, -0.05) is 24.3 Å². The van der Waals surface area contributed by atoms with E-state index in [0.29, 0.717) is 0 Å². The van der Waals surface area contributed by atoms with Crippen LogP contribution in [0.2, 0.25) is 0 Å². The largest absolute Gasteiger partial charge is 0.497 e. The van der Waals surface area contributed by atoms with E-state index in [1.807, 2.05) is 24.4 Å². The molecule has 4 rings (SSSR count). The molecule has 2 heterocycles. The lowest BCUT2D eigenvalue weighted by molar-refractivity contribution is 0.415. The van der Waals surface area contributed by atoms with Crippen LogP contribution in [0, 0.1) is 0 Å². The predicted molar refractivity (Wildman–Crippen MR) is 95.6 cm³/mol. The summed E-state index contributed by atoms with van der Waals surface area (Å²) in [5.41, 5.74) is 7.34. The number of hydrogen-bond donors (Lipinski definition) is 2. The van der Waals surface area contributed by atoms with Crippen molar-refractivity contribution in [2.45, 2.75) is 0 Å². The van der Waals surface area contributed by atoms with E-state index in [1.165, 1.54) is 28.0 Å². The molecule has 1 aliphatic heterocycles. The Morgan fingerprint density at radius 2 is 1.87 bits per heavy atom. The standard InChI is InChI=1S/C20H18N2O/c1-23-17-9-7-14(8-10-17)18-5-2-6-19-20(18)15(13-22-19)12-16-4-3-11-21-16/h2-12,21-22H,13H2,1H3/b15-12+. The van der Waals surface area contributed by atoms with Crippen molar-refractivity contribution in [2.75, 3.05) is 19.0 Å². The van der Waals surface area contributed by atoms with Crippen molar-refractivity contribution in [1.82, 2.24) is 4.98 Å². The van der Waals surface area contributed by atoms with Crippen LogP contribution in [-0.2, 0) is 0 Å². The molecule has 0 fully saturated rings. The number of H-pyrrole nitrogens is 1. The third-order valence-corrected chi connectivity index (χ3v) is 4.21. The highest BCUT2D eigenvalue weighted by Gasteiger charge is 2.20. The van der Waals surface area contributed by atoms with Crippen molar-refractivity contribution in [2.24, 2.45) is 0 Å². The quantitative estimate of drug-likeness (QED) is 0.738. The topological polar surface area (TPSA) is 37.0 Å². The number of fused-ring (bicyclic) bond motifs is 1. The van der Waals surface area contributed by atoms with E-state index >= 15 is 0 Å². The van der Waals surface area contributed by atoms with Gasteiger partial charge in [-0.15, -0.1) is 0 Å². The Morgan fingerprint density at radius 3 is 2.61 bits per heavy atom. The summed E-state index contributed by atoms with van der Waals surface area (Å²) >= 11 is 0. The highest BCUT2D eigenvalue weighted by atomic mass is 16.5. The van der Waals surface area contributed by atoms with Crippen molar-refractivity contribution < 1.29 is 4.74 Å². The van der Waals surface area contributed by atoms with Gasteiger partial charge < -0.3 is 15.0 Å². The molecule has 2 aromatic carbocycles. The number of rotatable bonds is 3. The van der Waals surface area contributed by atoms with Crippen LogP contribution in [0.4, 0.5) is 5.69 Å². The number of anilines is 1. The van der Waals surface area contributed by atoms with Crippen LogP contribution < -0.4 is 10.1 Å². The summed E-state index contributed by atoms with van der Waals surface area (Å²) < 4.78 is 5.26. The number of methoxy groups -OCH3 is 1. The molecule has 3 heteroatoms. The van der Waals surface area contributed by atoms with E-state index in [1.54, 1.807) is 7.11 Å². The highest BCUT2D eigenvalue weighted by Crippen LogP contribution is 2.39. The second-order valence-electron chi connectivity index (χ2n) is 5.61. The molecule has 3 aromatic rings. The number of hydrogen-bond acceptors (Lipinski definition) is 2. The van der Waals surface area contributed by atoms with Gasteiger partial charge in [-0.2, -0.15) is 0 Å². The molecule has 0 saturated carbocycles. The third kappa shape index (κ3) is 2.50. The fourth-order valence-corrected chi connectivity index (χ4v) is 3.08. The molecule has 0 aliphatic carbocycles. The van der Waals surface area contributed by atoms with Gasteiger partial charge in [0.2, 0.25) is 0 Å². The molecule has 114 valence electrons. The van der Waals surface area contributed by atoms with Gasteiger partial charge in [0.1, 0.15) is 5.75 Å². The highest BCUT2D eigenvalue weighted by molar-refractivity contribution is 5.99. The maximum atomic E-state index is 5.26. The Hall–Kier alpha value is -2.94. The van der Waals surface area contributed by atoms with E-state index in [0.717, 1.165) is 18.0 Å². The molecule has 1 aromatic heterocycles. The van der Waals surface area contributed by atoms with Crippen molar-refractivity contribution >= 4 is 17.3 Å². The fourth-order valence-electron chi connectivity index (χ4n) is 3.08. The molecular weight excluding hydrogens is 284 g/mol. The van der Waals surface area contributed by atoms with Crippen molar-refractivity contribution in [3.63, 3.8) is 0 Å². The first-order valence-electron chi connectivity index (χ1n) is 7.71. The lowest BCUT2D eigenvalue weighted by Crippen LogP contribution is -1.91. The molecule has 0 unspecified atom stereocenters. The summed E-state index contributed by atoms with van der Waals surface area (Å²) in [6.45, 7) is 0.849. The monoisotopic (exact) mass is 302 g/mol. The third-order valence-electron chi connectivity index (χ3n) is 4.21. The second-order valence-corrected chi connectivity index (χ2v) is 5.61. The SMILES string of the molecule is COc1ccc(-c2cccc3c2/C(=C/c2ccc[nH]2)CN3)cc1. The molecule has 0 radical (unpaired) electrons. The predicted octanol–water partition coefficient (Wildman–Crippen LogP) is 4.66. The average Bonchev–Trinajstić information content (AvgIpc) is 3.25. The Labute approximate surface area is 135 Å². The normalized spacial score (nSPS) is 14.6. The fraction of sp³-hybridized carbons (Fsp3) is 0.100. The van der Waals surface area contributed by atoms with Gasteiger partial charge >= 0.3 is 0 Å². The minimum Gasteiger partial charge on any atom is -0.497 e.